The van der Waals surface area contributed by atoms with Gasteiger partial charge in [0.25, 0.3) is 0 Å². The molecular formula is C14H16N2O2S. The summed E-state index contributed by atoms with van der Waals surface area (Å²) in [5.74, 6) is -1.08. The smallest absolute Gasteiger partial charge is 0.147 e. The SMILES string of the molecule is C[NH+](Cc1ccccc1)Cc1nc(CC(=O)[O-])cs1. The minimum atomic E-state index is -1.08. The lowest BCUT2D eigenvalue weighted by atomic mass is 10.2. The molecule has 1 atom stereocenters. The molecule has 0 amide bonds. The topological polar surface area (TPSA) is 57.5 Å². The summed E-state index contributed by atoms with van der Waals surface area (Å²) in [7, 11) is 2.10. The van der Waals surface area contributed by atoms with Crippen LogP contribution in [0.1, 0.15) is 16.3 Å². The van der Waals surface area contributed by atoms with Gasteiger partial charge < -0.3 is 14.8 Å². The second kappa shape index (κ2) is 6.45. The zero-order chi connectivity index (χ0) is 13.7. The molecule has 1 unspecified atom stereocenters. The molecular weight excluding hydrogens is 260 g/mol. The normalized spacial score (nSPS) is 12.3. The molecule has 2 rings (SSSR count). The Balaban J connectivity index is 1.90. The first-order chi connectivity index (χ1) is 9.13. The number of aromatic nitrogens is 1. The van der Waals surface area contributed by atoms with Crippen molar-refractivity contribution in [3.05, 3.63) is 52.0 Å². The zero-order valence-corrected chi connectivity index (χ0v) is 11.6. The van der Waals surface area contributed by atoms with Gasteiger partial charge in [0, 0.05) is 23.3 Å². The van der Waals surface area contributed by atoms with Crippen LogP contribution in [0.15, 0.2) is 35.7 Å². The Morgan fingerprint density at radius 1 is 1.32 bits per heavy atom. The van der Waals surface area contributed by atoms with Crippen LogP contribution in [0.5, 0.6) is 0 Å². The summed E-state index contributed by atoms with van der Waals surface area (Å²) in [5, 5.41) is 13.2. The number of nitrogens with zero attached hydrogens (tertiary/aromatic N) is 1. The van der Waals surface area contributed by atoms with E-state index < -0.39 is 5.97 Å². The lowest BCUT2D eigenvalue weighted by Gasteiger charge is -2.12. The van der Waals surface area contributed by atoms with Crippen LogP contribution < -0.4 is 10.0 Å². The van der Waals surface area contributed by atoms with E-state index in [4.69, 9.17) is 0 Å². The Kier molecular flexibility index (Phi) is 4.65. The third-order valence-electron chi connectivity index (χ3n) is 2.73. The molecule has 0 aliphatic heterocycles. The van der Waals surface area contributed by atoms with Gasteiger partial charge in [0.15, 0.2) is 0 Å². The Morgan fingerprint density at radius 2 is 2.05 bits per heavy atom. The average molecular weight is 276 g/mol. The fraction of sp³-hybridized carbons (Fsp3) is 0.286. The quantitative estimate of drug-likeness (QED) is 0.784. The molecule has 5 heteroatoms. The highest BCUT2D eigenvalue weighted by molar-refractivity contribution is 7.09. The molecule has 0 aliphatic rings. The van der Waals surface area contributed by atoms with Gasteiger partial charge in [0.1, 0.15) is 18.1 Å². The number of quaternary nitrogens is 1. The summed E-state index contributed by atoms with van der Waals surface area (Å²) in [6.07, 6.45) is -0.103. The molecule has 0 bridgehead atoms. The van der Waals surface area contributed by atoms with Gasteiger partial charge >= 0.3 is 0 Å². The van der Waals surface area contributed by atoms with E-state index in [2.05, 4.69) is 24.2 Å². The van der Waals surface area contributed by atoms with Crippen molar-refractivity contribution in [2.45, 2.75) is 19.5 Å². The lowest BCUT2D eigenvalue weighted by molar-refractivity contribution is -0.907. The predicted octanol–water partition coefficient (Wildman–Crippen LogP) is -0.350. The Morgan fingerprint density at radius 3 is 2.74 bits per heavy atom. The zero-order valence-electron chi connectivity index (χ0n) is 10.8. The molecule has 0 radical (unpaired) electrons. The molecule has 1 aromatic heterocycles. The first kappa shape index (κ1) is 13.7. The van der Waals surface area contributed by atoms with E-state index in [9.17, 15) is 9.90 Å². The van der Waals surface area contributed by atoms with E-state index in [1.807, 2.05) is 18.2 Å². The molecule has 0 saturated heterocycles. The summed E-state index contributed by atoms with van der Waals surface area (Å²) < 4.78 is 0. The largest absolute Gasteiger partial charge is 0.550 e. The van der Waals surface area contributed by atoms with Crippen molar-refractivity contribution >= 4 is 17.3 Å². The van der Waals surface area contributed by atoms with Gasteiger partial charge in [0.2, 0.25) is 0 Å². The Labute approximate surface area is 116 Å². The number of benzene rings is 1. The van der Waals surface area contributed by atoms with E-state index in [0.29, 0.717) is 5.69 Å². The van der Waals surface area contributed by atoms with Gasteiger partial charge in [-0.05, 0) is 0 Å². The number of thiazole rings is 1. The second-order valence-corrected chi connectivity index (χ2v) is 5.52. The monoisotopic (exact) mass is 276 g/mol. The average Bonchev–Trinajstić information content (AvgIpc) is 2.76. The summed E-state index contributed by atoms with van der Waals surface area (Å²) >= 11 is 1.51. The summed E-state index contributed by atoms with van der Waals surface area (Å²) in [6.45, 7) is 1.73. The van der Waals surface area contributed by atoms with Crippen LogP contribution in [-0.4, -0.2) is 18.0 Å². The van der Waals surface area contributed by atoms with E-state index in [1.165, 1.54) is 21.8 Å². The number of rotatable bonds is 6. The maximum Gasteiger partial charge on any atom is 0.147 e. The van der Waals surface area contributed by atoms with E-state index >= 15 is 0 Å². The lowest BCUT2D eigenvalue weighted by Crippen LogP contribution is -3.06. The Hall–Kier alpha value is -1.72. The van der Waals surface area contributed by atoms with Crippen molar-refractivity contribution in [2.24, 2.45) is 0 Å². The highest BCUT2D eigenvalue weighted by atomic mass is 32.1. The van der Waals surface area contributed by atoms with Crippen molar-refractivity contribution in [3.63, 3.8) is 0 Å². The van der Waals surface area contributed by atoms with Crippen LogP contribution in [0.3, 0.4) is 0 Å². The molecule has 1 aromatic carbocycles. The summed E-state index contributed by atoms with van der Waals surface area (Å²) in [4.78, 5) is 16.1. The van der Waals surface area contributed by atoms with E-state index in [-0.39, 0.29) is 6.42 Å². The van der Waals surface area contributed by atoms with Gasteiger partial charge in [-0.25, -0.2) is 4.98 Å². The van der Waals surface area contributed by atoms with Gasteiger partial charge in [0.05, 0.1) is 12.7 Å². The number of hydrogen-bond donors (Lipinski definition) is 1. The van der Waals surface area contributed by atoms with Crippen LogP contribution in [0, 0.1) is 0 Å². The van der Waals surface area contributed by atoms with E-state index in [0.717, 1.165) is 18.1 Å². The van der Waals surface area contributed by atoms with Gasteiger partial charge in [-0.1, -0.05) is 30.3 Å². The standard InChI is InChI=1S/C14H16N2O2S/c1-16(8-11-5-3-2-4-6-11)9-13-15-12(10-19-13)7-14(17)18/h2-6,10H,7-9H2,1H3,(H,17,18). The van der Waals surface area contributed by atoms with Crippen LogP contribution in [0.2, 0.25) is 0 Å². The minimum absolute atomic E-state index is 0.103. The second-order valence-electron chi connectivity index (χ2n) is 4.58. The van der Waals surface area contributed by atoms with Crippen molar-refractivity contribution in [2.75, 3.05) is 7.05 Å². The van der Waals surface area contributed by atoms with Crippen molar-refractivity contribution < 1.29 is 14.8 Å². The third-order valence-corrected chi connectivity index (χ3v) is 3.62. The minimum Gasteiger partial charge on any atom is -0.550 e. The molecule has 1 N–H and O–H groups in total. The fourth-order valence-corrected chi connectivity index (χ4v) is 2.83. The van der Waals surface area contributed by atoms with Crippen molar-refractivity contribution in [1.82, 2.24) is 4.98 Å². The van der Waals surface area contributed by atoms with Gasteiger partial charge in [-0.2, -0.15) is 0 Å². The first-order valence-corrected chi connectivity index (χ1v) is 7.00. The number of carboxylic acid groups (broad SMARTS) is 1. The molecule has 19 heavy (non-hydrogen) atoms. The van der Waals surface area contributed by atoms with Crippen LogP contribution in [0.4, 0.5) is 0 Å². The number of aliphatic carboxylic acids is 1. The molecule has 4 nitrogen and oxygen atoms in total. The van der Waals surface area contributed by atoms with Crippen molar-refractivity contribution in [1.29, 1.82) is 0 Å². The summed E-state index contributed by atoms with van der Waals surface area (Å²) in [5.41, 5.74) is 1.87. The molecule has 0 fully saturated rings. The maximum atomic E-state index is 10.5. The number of carboxylic acids is 1. The molecule has 0 aliphatic carbocycles. The fourth-order valence-electron chi connectivity index (χ4n) is 1.92. The van der Waals surface area contributed by atoms with Crippen LogP contribution in [-0.2, 0) is 24.3 Å². The number of carbonyl (C=O) groups excluding carboxylic acids is 1. The van der Waals surface area contributed by atoms with Crippen LogP contribution in [0.25, 0.3) is 0 Å². The summed E-state index contributed by atoms with van der Waals surface area (Å²) in [6, 6.07) is 10.3. The predicted molar refractivity (Wildman–Crippen MR) is 71.6 cm³/mol. The highest BCUT2D eigenvalue weighted by Gasteiger charge is 2.09. The number of hydrogen-bond acceptors (Lipinski definition) is 4. The molecule has 2 aromatic rings. The molecule has 100 valence electrons. The number of carbonyl (C=O) groups is 1. The van der Waals surface area contributed by atoms with Crippen LogP contribution >= 0.6 is 11.3 Å². The Bertz CT molecular complexity index is 539. The molecule has 0 spiro atoms. The molecule has 1 heterocycles. The highest BCUT2D eigenvalue weighted by Crippen LogP contribution is 2.09. The van der Waals surface area contributed by atoms with Crippen molar-refractivity contribution in [3.8, 4) is 0 Å². The third kappa shape index (κ3) is 4.46. The van der Waals surface area contributed by atoms with Gasteiger partial charge in [-0.3, -0.25) is 0 Å². The number of nitrogens with one attached hydrogen (secondary N) is 1. The van der Waals surface area contributed by atoms with E-state index in [1.54, 1.807) is 5.38 Å². The first-order valence-electron chi connectivity index (χ1n) is 6.12. The van der Waals surface area contributed by atoms with Gasteiger partial charge in [-0.15, -0.1) is 11.3 Å². The maximum absolute atomic E-state index is 10.5. The molecule has 0 saturated carbocycles.